The zero-order chi connectivity index (χ0) is 18.6. The van der Waals surface area contributed by atoms with Gasteiger partial charge in [-0.3, -0.25) is 0 Å². The molecule has 5 nitrogen and oxygen atoms in total. The molecule has 0 atom stereocenters. The Labute approximate surface area is 161 Å². The highest BCUT2D eigenvalue weighted by Crippen LogP contribution is 2.34. The second-order valence-corrected chi connectivity index (χ2v) is 6.07. The van der Waals surface area contributed by atoms with Gasteiger partial charge in [0.05, 0.1) is 10.6 Å². The van der Waals surface area contributed by atoms with Crippen LogP contribution in [0.15, 0.2) is 54.6 Å². The highest BCUT2D eigenvalue weighted by atomic mass is 35.5. The van der Waals surface area contributed by atoms with Gasteiger partial charge in [-0.2, -0.15) is 5.26 Å². The number of rotatable bonds is 5. The Morgan fingerprint density at radius 1 is 1.07 bits per heavy atom. The molecule has 0 N–H and O–H groups in total. The van der Waals surface area contributed by atoms with Crippen LogP contribution in [0.4, 0.5) is 0 Å². The molecule has 27 heavy (non-hydrogen) atoms. The van der Waals surface area contributed by atoms with E-state index in [0.29, 0.717) is 40.2 Å². The van der Waals surface area contributed by atoms with Crippen LogP contribution in [-0.2, 0) is 6.61 Å². The quantitative estimate of drug-likeness (QED) is 0.617. The normalized spacial score (nSPS) is 11.7. The second kappa shape index (κ2) is 7.48. The third-order valence-corrected chi connectivity index (χ3v) is 4.20. The van der Waals surface area contributed by atoms with Crippen LogP contribution >= 0.6 is 11.6 Å². The highest BCUT2D eigenvalue weighted by molar-refractivity contribution is 6.31. The van der Waals surface area contributed by atoms with Gasteiger partial charge in [-0.15, -0.1) is 0 Å². The maximum absolute atomic E-state index is 9.32. The van der Waals surface area contributed by atoms with E-state index in [1.54, 1.807) is 36.4 Å². The highest BCUT2D eigenvalue weighted by Gasteiger charge is 2.14. The summed E-state index contributed by atoms with van der Waals surface area (Å²) in [6.45, 7) is 0.567. The van der Waals surface area contributed by atoms with Crippen molar-refractivity contribution >= 4 is 11.6 Å². The fourth-order valence-corrected chi connectivity index (χ4v) is 2.73. The van der Waals surface area contributed by atoms with Crippen molar-refractivity contribution in [2.24, 2.45) is 0 Å². The molecule has 0 amide bonds. The van der Waals surface area contributed by atoms with Crippen LogP contribution in [0, 0.1) is 17.4 Å². The monoisotopic (exact) mass is 378 g/mol. The second-order valence-electron chi connectivity index (χ2n) is 5.70. The zero-order valence-corrected chi connectivity index (χ0v) is 14.8. The van der Waals surface area contributed by atoms with E-state index in [9.17, 15) is 5.26 Å². The summed E-state index contributed by atoms with van der Waals surface area (Å²) in [6.07, 6.45) is 0. The standard InChI is InChI=1S/C21H13ClNO4/c22-17-3-1-2-4-18(17)27-20-10-16(7-6-15(20)11-23)24-12-14-5-8-19-21(9-14)26-13-25-19/h1-2,4-10H,12-13H2. The zero-order valence-electron chi connectivity index (χ0n) is 14.1. The molecule has 0 bridgehead atoms. The predicted molar refractivity (Wildman–Crippen MR) is 98.4 cm³/mol. The van der Waals surface area contributed by atoms with E-state index in [1.807, 2.05) is 18.2 Å². The van der Waals surface area contributed by atoms with Gasteiger partial charge < -0.3 is 18.9 Å². The molecular formula is C21H13ClNO4. The van der Waals surface area contributed by atoms with Crippen LogP contribution in [0.2, 0.25) is 5.02 Å². The molecule has 0 saturated carbocycles. The first-order valence-electron chi connectivity index (χ1n) is 8.12. The maximum atomic E-state index is 9.32. The molecule has 6 heteroatoms. The van der Waals surface area contributed by atoms with Gasteiger partial charge in [0.2, 0.25) is 6.79 Å². The lowest BCUT2D eigenvalue weighted by molar-refractivity contribution is 0.174. The lowest BCUT2D eigenvalue weighted by atomic mass is 10.2. The van der Waals surface area contributed by atoms with Gasteiger partial charge >= 0.3 is 0 Å². The molecule has 1 aliphatic rings. The molecule has 3 aromatic carbocycles. The molecule has 0 aliphatic carbocycles. The minimum absolute atomic E-state index is 0.232. The van der Waals surface area contributed by atoms with E-state index in [4.69, 9.17) is 30.5 Å². The average molecular weight is 379 g/mol. The summed E-state index contributed by atoms with van der Waals surface area (Å²) in [7, 11) is 0. The third-order valence-electron chi connectivity index (χ3n) is 3.91. The van der Waals surface area contributed by atoms with Crippen molar-refractivity contribution < 1.29 is 18.9 Å². The van der Waals surface area contributed by atoms with Gasteiger partial charge in [0.1, 0.15) is 29.9 Å². The molecule has 3 aromatic rings. The predicted octanol–water partition coefficient (Wildman–Crippen LogP) is 5.11. The first-order valence-corrected chi connectivity index (χ1v) is 8.50. The molecule has 1 heterocycles. The first kappa shape index (κ1) is 17.1. The van der Waals surface area contributed by atoms with E-state index in [0.717, 1.165) is 11.3 Å². The number of hydrogen-bond donors (Lipinski definition) is 0. The van der Waals surface area contributed by atoms with Crippen LogP contribution in [0.5, 0.6) is 28.7 Å². The molecule has 4 rings (SSSR count). The average Bonchev–Trinajstić information content (AvgIpc) is 3.16. The number of halogens is 1. The molecule has 0 fully saturated rings. The van der Waals surface area contributed by atoms with Crippen LogP contribution in [-0.4, -0.2) is 6.79 Å². The molecule has 1 aliphatic heterocycles. The number of hydrogen-bond acceptors (Lipinski definition) is 5. The topological polar surface area (TPSA) is 60.7 Å². The van der Waals surface area contributed by atoms with Crippen LogP contribution in [0.3, 0.4) is 0 Å². The molecular weight excluding hydrogens is 366 g/mol. The molecule has 133 valence electrons. The van der Waals surface area contributed by atoms with Gasteiger partial charge in [0.15, 0.2) is 11.5 Å². The Kier molecular flexibility index (Phi) is 4.73. The van der Waals surface area contributed by atoms with E-state index < -0.39 is 0 Å². The number of fused-ring (bicyclic) bond motifs is 1. The van der Waals surface area contributed by atoms with E-state index in [1.165, 1.54) is 0 Å². The Balaban J connectivity index is 1.52. The van der Waals surface area contributed by atoms with Gasteiger partial charge in [0, 0.05) is 12.1 Å². The maximum Gasteiger partial charge on any atom is 0.231 e. The summed E-state index contributed by atoms with van der Waals surface area (Å²) < 4.78 is 22.3. The minimum Gasteiger partial charge on any atom is -0.489 e. The summed E-state index contributed by atoms with van der Waals surface area (Å²) in [6, 6.07) is 20.8. The Hall–Kier alpha value is -3.36. The van der Waals surface area contributed by atoms with Crippen molar-refractivity contribution in [1.82, 2.24) is 0 Å². The van der Waals surface area contributed by atoms with E-state index in [2.05, 4.69) is 12.1 Å². The number of nitriles is 1. The molecule has 0 saturated heterocycles. The Morgan fingerprint density at radius 2 is 1.96 bits per heavy atom. The van der Waals surface area contributed by atoms with Gasteiger partial charge in [-0.05, 0) is 35.9 Å². The molecule has 0 unspecified atom stereocenters. The summed E-state index contributed by atoms with van der Waals surface area (Å²) >= 11 is 6.08. The molecule has 0 aromatic heterocycles. The van der Waals surface area contributed by atoms with Crippen molar-refractivity contribution in [3.63, 3.8) is 0 Å². The SMILES string of the molecule is N#Cc1ccc(OCc2ccc3c(c2)OCO3)cc1Oc1ccc[c]c1Cl. The number of benzene rings is 3. The first-order chi connectivity index (χ1) is 13.2. The van der Waals surface area contributed by atoms with Crippen LogP contribution < -0.4 is 18.9 Å². The lowest BCUT2D eigenvalue weighted by Crippen LogP contribution is -1.97. The summed E-state index contributed by atoms with van der Waals surface area (Å²) in [5.41, 5.74) is 1.32. The summed E-state index contributed by atoms with van der Waals surface area (Å²) in [5.74, 6) is 2.78. The summed E-state index contributed by atoms with van der Waals surface area (Å²) in [4.78, 5) is 0. The number of nitrogens with zero attached hydrogens (tertiary/aromatic N) is 1. The Bertz CT molecular complexity index is 1030. The van der Waals surface area contributed by atoms with Crippen LogP contribution in [0.1, 0.15) is 11.1 Å². The van der Waals surface area contributed by atoms with Crippen molar-refractivity contribution in [3.8, 4) is 34.8 Å². The molecule has 0 spiro atoms. The van der Waals surface area contributed by atoms with Crippen LogP contribution in [0.25, 0.3) is 0 Å². The van der Waals surface area contributed by atoms with Crippen molar-refractivity contribution in [1.29, 1.82) is 5.26 Å². The minimum atomic E-state index is 0.232. The van der Waals surface area contributed by atoms with Gasteiger partial charge in [-0.25, -0.2) is 0 Å². The van der Waals surface area contributed by atoms with Crippen molar-refractivity contribution in [2.45, 2.75) is 6.61 Å². The van der Waals surface area contributed by atoms with Crippen molar-refractivity contribution in [2.75, 3.05) is 6.79 Å². The lowest BCUT2D eigenvalue weighted by Gasteiger charge is -2.12. The number of ether oxygens (including phenoxy) is 4. The van der Waals surface area contributed by atoms with E-state index >= 15 is 0 Å². The van der Waals surface area contributed by atoms with Gasteiger partial charge in [-0.1, -0.05) is 29.8 Å². The van der Waals surface area contributed by atoms with Crippen molar-refractivity contribution in [3.05, 3.63) is 76.8 Å². The largest absolute Gasteiger partial charge is 0.489 e. The summed E-state index contributed by atoms with van der Waals surface area (Å²) in [5, 5.41) is 9.66. The van der Waals surface area contributed by atoms with Gasteiger partial charge in [0.25, 0.3) is 0 Å². The Morgan fingerprint density at radius 3 is 2.81 bits per heavy atom. The third kappa shape index (κ3) is 3.76. The smallest absolute Gasteiger partial charge is 0.231 e. The fraction of sp³-hybridized carbons (Fsp3) is 0.0952. The fourth-order valence-electron chi connectivity index (χ4n) is 2.57. The van der Waals surface area contributed by atoms with E-state index in [-0.39, 0.29) is 6.79 Å². The molecule has 1 radical (unpaired) electrons.